The van der Waals surface area contributed by atoms with Crippen LogP contribution in [0.3, 0.4) is 0 Å². The molecule has 0 heterocycles. The fourth-order valence-corrected chi connectivity index (χ4v) is 2.72. The zero-order valence-corrected chi connectivity index (χ0v) is 11.8. The second-order valence-corrected chi connectivity index (χ2v) is 5.18. The smallest absolute Gasteiger partial charge is 0.308 e. The van der Waals surface area contributed by atoms with Crippen molar-refractivity contribution in [2.75, 3.05) is 14.2 Å². The molecule has 1 aliphatic rings. The van der Waals surface area contributed by atoms with Crippen molar-refractivity contribution in [3.63, 3.8) is 0 Å². The van der Waals surface area contributed by atoms with Crippen molar-refractivity contribution >= 4 is 11.9 Å². The summed E-state index contributed by atoms with van der Waals surface area (Å²) in [6.45, 7) is 0. The molecule has 110 valence electrons. The van der Waals surface area contributed by atoms with Crippen molar-refractivity contribution in [3.8, 4) is 0 Å². The van der Waals surface area contributed by atoms with Gasteiger partial charge in [-0.1, -0.05) is 6.42 Å². The standard InChI is InChI=1S/C14H24O5/c1-18-13(16)6-4-3-5-10-9-11(14(17)19-2)7-8-12(10)15/h10-12,15H,3-9H2,1-2H3/t10-,11+,12+/m0/s1. The molecule has 1 aliphatic carbocycles. The van der Waals surface area contributed by atoms with E-state index in [4.69, 9.17) is 4.74 Å². The molecule has 19 heavy (non-hydrogen) atoms. The van der Waals surface area contributed by atoms with Gasteiger partial charge in [0, 0.05) is 6.42 Å². The molecule has 1 rings (SSSR count). The highest BCUT2D eigenvalue weighted by Crippen LogP contribution is 2.33. The number of methoxy groups -OCH3 is 2. The van der Waals surface area contributed by atoms with E-state index in [-0.39, 0.29) is 29.9 Å². The highest BCUT2D eigenvalue weighted by Gasteiger charge is 2.32. The molecule has 0 aromatic rings. The Balaban J connectivity index is 2.30. The van der Waals surface area contributed by atoms with Crippen LogP contribution in [0.25, 0.3) is 0 Å². The summed E-state index contributed by atoms with van der Waals surface area (Å²) < 4.78 is 9.34. The first-order valence-corrected chi connectivity index (χ1v) is 6.91. The number of hydrogen-bond donors (Lipinski definition) is 1. The van der Waals surface area contributed by atoms with Gasteiger partial charge < -0.3 is 14.6 Å². The van der Waals surface area contributed by atoms with E-state index in [1.54, 1.807) is 0 Å². The van der Waals surface area contributed by atoms with Crippen molar-refractivity contribution in [2.24, 2.45) is 11.8 Å². The Morgan fingerprint density at radius 2 is 1.89 bits per heavy atom. The molecule has 0 spiro atoms. The van der Waals surface area contributed by atoms with Crippen LogP contribution in [0.4, 0.5) is 0 Å². The summed E-state index contributed by atoms with van der Waals surface area (Å²) in [6.07, 6.45) is 4.59. The van der Waals surface area contributed by atoms with Crippen molar-refractivity contribution in [1.82, 2.24) is 0 Å². The van der Waals surface area contributed by atoms with E-state index in [1.807, 2.05) is 0 Å². The molecule has 1 N–H and O–H groups in total. The number of carbonyl (C=O) groups is 2. The summed E-state index contributed by atoms with van der Waals surface area (Å²) in [5.41, 5.74) is 0. The van der Waals surface area contributed by atoms with Gasteiger partial charge in [-0.25, -0.2) is 0 Å². The predicted molar refractivity (Wildman–Crippen MR) is 69.3 cm³/mol. The molecule has 0 amide bonds. The third-order valence-electron chi connectivity index (χ3n) is 3.91. The van der Waals surface area contributed by atoms with E-state index in [1.165, 1.54) is 14.2 Å². The van der Waals surface area contributed by atoms with Crippen LogP contribution in [0.15, 0.2) is 0 Å². The van der Waals surface area contributed by atoms with Crippen LogP contribution in [0.1, 0.15) is 44.9 Å². The summed E-state index contributed by atoms with van der Waals surface area (Å²) >= 11 is 0. The number of esters is 2. The highest BCUT2D eigenvalue weighted by molar-refractivity contribution is 5.72. The second-order valence-electron chi connectivity index (χ2n) is 5.18. The molecule has 0 radical (unpaired) electrons. The third kappa shape index (κ3) is 5.19. The van der Waals surface area contributed by atoms with Crippen LogP contribution in [-0.4, -0.2) is 37.4 Å². The van der Waals surface area contributed by atoms with E-state index in [2.05, 4.69) is 4.74 Å². The topological polar surface area (TPSA) is 72.8 Å². The summed E-state index contributed by atoms with van der Waals surface area (Å²) in [5.74, 6) is -0.322. The number of hydrogen-bond acceptors (Lipinski definition) is 5. The van der Waals surface area contributed by atoms with Gasteiger partial charge in [0.25, 0.3) is 0 Å². The van der Waals surface area contributed by atoms with Crippen molar-refractivity contribution in [3.05, 3.63) is 0 Å². The van der Waals surface area contributed by atoms with Crippen LogP contribution in [-0.2, 0) is 19.1 Å². The Bertz CT molecular complexity index is 302. The average Bonchev–Trinajstić information content (AvgIpc) is 2.44. The van der Waals surface area contributed by atoms with Crippen molar-refractivity contribution in [1.29, 1.82) is 0 Å². The number of rotatable bonds is 6. The van der Waals surface area contributed by atoms with Crippen LogP contribution in [0, 0.1) is 11.8 Å². The Labute approximate surface area is 114 Å². The Morgan fingerprint density at radius 1 is 1.16 bits per heavy atom. The van der Waals surface area contributed by atoms with Crippen LogP contribution in [0.2, 0.25) is 0 Å². The van der Waals surface area contributed by atoms with Gasteiger partial charge in [0.15, 0.2) is 0 Å². The summed E-state index contributed by atoms with van der Waals surface area (Å²) in [4.78, 5) is 22.5. The number of ether oxygens (including phenoxy) is 2. The maximum Gasteiger partial charge on any atom is 0.308 e. The quantitative estimate of drug-likeness (QED) is 0.588. The highest BCUT2D eigenvalue weighted by atomic mass is 16.5. The molecule has 1 saturated carbocycles. The molecule has 0 aliphatic heterocycles. The van der Waals surface area contributed by atoms with Gasteiger partial charge in [-0.05, 0) is 38.0 Å². The molecule has 3 atom stereocenters. The van der Waals surface area contributed by atoms with E-state index >= 15 is 0 Å². The van der Waals surface area contributed by atoms with E-state index in [0.717, 1.165) is 19.3 Å². The molecule has 0 aromatic carbocycles. The fraction of sp³-hybridized carbons (Fsp3) is 0.857. The maximum atomic E-state index is 11.5. The molecule has 5 heteroatoms. The summed E-state index contributed by atoms with van der Waals surface area (Å²) in [6, 6.07) is 0. The normalized spacial score (nSPS) is 26.8. The molecule has 5 nitrogen and oxygen atoms in total. The monoisotopic (exact) mass is 272 g/mol. The first-order chi connectivity index (χ1) is 9.08. The minimum absolute atomic E-state index is 0.0843. The number of carbonyl (C=O) groups excluding carboxylic acids is 2. The minimum atomic E-state index is -0.334. The zero-order chi connectivity index (χ0) is 14.3. The predicted octanol–water partition coefficient (Wildman–Crippen LogP) is 1.67. The van der Waals surface area contributed by atoms with Crippen LogP contribution in [0.5, 0.6) is 0 Å². The average molecular weight is 272 g/mol. The summed E-state index contributed by atoms with van der Waals surface area (Å²) in [5, 5.41) is 9.95. The van der Waals surface area contributed by atoms with Gasteiger partial charge in [0.2, 0.25) is 0 Å². The van der Waals surface area contributed by atoms with Gasteiger partial charge in [0.05, 0.1) is 26.2 Å². The molecule has 0 aromatic heterocycles. The van der Waals surface area contributed by atoms with E-state index in [9.17, 15) is 14.7 Å². The third-order valence-corrected chi connectivity index (χ3v) is 3.91. The lowest BCUT2D eigenvalue weighted by atomic mass is 9.77. The van der Waals surface area contributed by atoms with Crippen LogP contribution < -0.4 is 0 Å². The largest absolute Gasteiger partial charge is 0.469 e. The Hall–Kier alpha value is -1.10. The van der Waals surface area contributed by atoms with Gasteiger partial charge in [-0.15, -0.1) is 0 Å². The SMILES string of the molecule is COC(=O)CCCC[C@H]1C[C@H](C(=O)OC)CC[C@H]1O. The maximum absolute atomic E-state index is 11.5. The number of aliphatic hydroxyl groups is 1. The van der Waals surface area contributed by atoms with Crippen LogP contribution >= 0.6 is 0 Å². The molecule has 1 fully saturated rings. The summed E-state index contributed by atoms with van der Waals surface area (Å²) in [7, 11) is 2.78. The van der Waals surface area contributed by atoms with Crippen molar-refractivity contribution in [2.45, 2.75) is 51.0 Å². The van der Waals surface area contributed by atoms with E-state index in [0.29, 0.717) is 25.7 Å². The zero-order valence-electron chi connectivity index (χ0n) is 11.8. The molecular weight excluding hydrogens is 248 g/mol. The first-order valence-electron chi connectivity index (χ1n) is 6.91. The Kier molecular flexibility index (Phi) is 6.84. The molecular formula is C14H24O5. The van der Waals surface area contributed by atoms with Gasteiger partial charge in [-0.3, -0.25) is 9.59 Å². The Morgan fingerprint density at radius 3 is 2.53 bits per heavy atom. The lowest BCUT2D eigenvalue weighted by Crippen LogP contribution is -2.33. The van der Waals surface area contributed by atoms with E-state index < -0.39 is 0 Å². The van der Waals surface area contributed by atoms with Gasteiger partial charge >= 0.3 is 11.9 Å². The van der Waals surface area contributed by atoms with Crippen molar-refractivity contribution < 1.29 is 24.2 Å². The fourth-order valence-electron chi connectivity index (χ4n) is 2.72. The second kappa shape index (κ2) is 8.15. The van der Waals surface area contributed by atoms with Gasteiger partial charge in [0.1, 0.15) is 0 Å². The molecule has 0 bridgehead atoms. The van der Waals surface area contributed by atoms with Gasteiger partial charge in [-0.2, -0.15) is 0 Å². The first kappa shape index (κ1) is 16.0. The number of unbranched alkanes of at least 4 members (excludes halogenated alkanes) is 1. The lowest BCUT2D eigenvalue weighted by molar-refractivity contribution is -0.148. The number of aliphatic hydroxyl groups excluding tert-OH is 1. The molecule has 0 unspecified atom stereocenters. The molecule has 0 saturated heterocycles. The lowest BCUT2D eigenvalue weighted by Gasteiger charge is -2.32. The minimum Gasteiger partial charge on any atom is -0.469 e.